The first-order valence-electron chi connectivity index (χ1n) is 14.2. The van der Waals surface area contributed by atoms with Crippen LogP contribution in [0.3, 0.4) is 0 Å². The number of carbonyl (C=O) groups is 4. The van der Waals surface area contributed by atoms with Crippen LogP contribution in [0.2, 0.25) is 0 Å². The van der Waals surface area contributed by atoms with Crippen molar-refractivity contribution in [2.24, 2.45) is 11.8 Å². The summed E-state index contributed by atoms with van der Waals surface area (Å²) < 4.78 is 5.37. The Balaban J connectivity index is 2.19. The molecule has 4 atom stereocenters. The van der Waals surface area contributed by atoms with E-state index >= 15 is 0 Å². The molecule has 1 N–H and O–H groups in total. The van der Waals surface area contributed by atoms with Crippen molar-refractivity contribution in [3.05, 3.63) is 11.6 Å². The molecule has 0 spiro atoms. The number of piperidine rings is 1. The molecule has 9 nitrogen and oxygen atoms in total. The summed E-state index contributed by atoms with van der Waals surface area (Å²) in [5.74, 6) is -0.940. The van der Waals surface area contributed by atoms with E-state index in [-0.39, 0.29) is 53.7 Å². The number of ether oxygens (including phenoxy) is 1. The molecule has 2 aliphatic heterocycles. The van der Waals surface area contributed by atoms with Gasteiger partial charge in [-0.2, -0.15) is 0 Å². The van der Waals surface area contributed by atoms with Crippen molar-refractivity contribution in [1.29, 1.82) is 0 Å². The van der Waals surface area contributed by atoms with Gasteiger partial charge in [0.1, 0.15) is 12.1 Å². The molecule has 0 saturated carbocycles. The zero-order chi connectivity index (χ0) is 28.7. The molecule has 38 heavy (non-hydrogen) atoms. The third-order valence-corrected chi connectivity index (χ3v) is 7.68. The molecule has 0 aromatic heterocycles. The van der Waals surface area contributed by atoms with Gasteiger partial charge in [0.15, 0.2) is 0 Å². The van der Waals surface area contributed by atoms with Crippen molar-refractivity contribution in [1.82, 2.24) is 20.0 Å². The molecule has 4 unspecified atom stereocenters. The second-order valence-corrected chi connectivity index (χ2v) is 11.9. The maximum absolute atomic E-state index is 13.7. The molecule has 2 fully saturated rings. The number of nitrogens with one attached hydrogen (secondary N) is 1. The molecule has 2 heterocycles. The topological polar surface area (TPSA) is 99.3 Å². The van der Waals surface area contributed by atoms with E-state index in [1.807, 2.05) is 40.8 Å². The second-order valence-electron chi connectivity index (χ2n) is 11.9. The fourth-order valence-corrected chi connectivity index (χ4v) is 5.41. The van der Waals surface area contributed by atoms with Crippen LogP contribution in [0, 0.1) is 11.8 Å². The Bertz CT molecular complexity index is 884. The lowest BCUT2D eigenvalue weighted by molar-refractivity contribution is -0.155. The van der Waals surface area contributed by atoms with E-state index < -0.39 is 12.1 Å². The third kappa shape index (κ3) is 8.04. The van der Waals surface area contributed by atoms with Crippen molar-refractivity contribution in [2.45, 2.75) is 111 Å². The molecule has 0 aromatic rings. The molecule has 2 saturated heterocycles. The molecular weight excluding hydrogens is 484 g/mol. The number of esters is 1. The lowest BCUT2D eigenvalue weighted by Gasteiger charge is -2.36. The van der Waals surface area contributed by atoms with Gasteiger partial charge in [-0.05, 0) is 71.9 Å². The number of rotatable bonds is 10. The first kappa shape index (κ1) is 31.8. The number of hydrogen-bond donors (Lipinski definition) is 1. The SMILES string of the molecule is C/C(=C\C(C(C)C)N(C)C(=O)C(NC(=O)C1CCCCN1C)C(C)C)C(=O)N1CCCC1C(=O)OC(C)C. The summed E-state index contributed by atoms with van der Waals surface area (Å²) in [6.07, 6.45) is 5.78. The molecule has 216 valence electrons. The Morgan fingerprint density at radius 3 is 2.11 bits per heavy atom. The molecule has 0 aliphatic carbocycles. The van der Waals surface area contributed by atoms with Gasteiger partial charge >= 0.3 is 5.97 Å². The average Bonchev–Trinajstić information content (AvgIpc) is 3.34. The average molecular weight is 535 g/mol. The second kappa shape index (κ2) is 14.1. The molecule has 2 rings (SSSR count). The van der Waals surface area contributed by atoms with Crippen molar-refractivity contribution < 1.29 is 23.9 Å². The minimum absolute atomic E-state index is 0.0278. The highest BCUT2D eigenvalue weighted by Crippen LogP contribution is 2.23. The van der Waals surface area contributed by atoms with Crippen LogP contribution < -0.4 is 5.32 Å². The number of hydrogen-bond acceptors (Lipinski definition) is 6. The molecular formula is C29H50N4O5. The third-order valence-electron chi connectivity index (χ3n) is 7.68. The van der Waals surface area contributed by atoms with Gasteiger partial charge < -0.3 is 19.9 Å². The highest BCUT2D eigenvalue weighted by molar-refractivity contribution is 5.96. The van der Waals surface area contributed by atoms with E-state index in [0.717, 1.165) is 32.2 Å². The van der Waals surface area contributed by atoms with Gasteiger partial charge in [0.2, 0.25) is 17.7 Å². The summed E-state index contributed by atoms with van der Waals surface area (Å²) in [5, 5.41) is 3.03. The molecule has 0 bridgehead atoms. The van der Waals surface area contributed by atoms with Crippen LogP contribution in [0.5, 0.6) is 0 Å². The molecule has 9 heteroatoms. The number of amides is 3. The Labute approximate surface area is 229 Å². The van der Waals surface area contributed by atoms with Crippen LogP contribution in [0.1, 0.15) is 80.6 Å². The van der Waals surface area contributed by atoms with Crippen LogP contribution in [-0.2, 0) is 23.9 Å². The van der Waals surface area contributed by atoms with E-state index in [9.17, 15) is 19.2 Å². The highest BCUT2D eigenvalue weighted by atomic mass is 16.5. The summed E-state index contributed by atoms with van der Waals surface area (Å²) in [6, 6.07) is -1.82. The lowest BCUT2D eigenvalue weighted by Crippen LogP contribution is -2.57. The first-order chi connectivity index (χ1) is 17.8. The predicted molar refractivity (Wildman–Crippen MR) is 148 cm³/mol. The summed E-state index contributed by atoms with van der Waals surface area (Å²) >= 11 is 0. The normalized spacial score (nSPS) is 22.5. The van der Waals surface area contributed by atoms with Gasteiger partial charge in [0.25, 0.3) is 0 Å². The number of nitrogens with zero attached hydrogens (tertiary/aromatic N) is 3. The van der Waals surface area contributed by atoms with E-state index in [1.165, 1.54) is 0 Å². The van der Waals surface area contributed by atoms with Crippen LogP contribution >= 0.6 is 0 Å². The monoisotopic (exact) mass is 534 g/mol. The summed E-state index contributed by atoms with van der Waals surface area (Å²) in [5.41, 5.74) is 0.488. The smallest absolute Gasteiger partial charge is 0.329 e. The number of likely N-dealkylation sites (N-methyl/N-ethyl adjacent to an activating group) is 2. The Hall–Kier alpha value is -2.42. The van der Waals surface area contributed by atoms with E-state index in [0.29, 0.717) is 18.5 Å². The van der Waals surface area contributed by atoms with Crippen molar-refractivity contribution in [3.63, 3.8) is 0 Å². The summed E-state index contributed by atoms with van der Waals surface area (Å²) in [4.78, 5) is 58.0. The molecule has 3 amide bonds. The zero-order valence-electron chi connectivity index (χ0n) is 25.0. The Morgan fingerprint density at radius 2 is 1.55 bits per heavy atom. The van der Waals surface area contributed by atoms with E-state index in [4.69, 9.17) is 4.74 Å². The summed E-state index contributed by atoms with van der Waals surface area (Å²) in [7, 11) is 3.68. The fraction of sp³-hybridized carbons (Fsp3) is 0.793. The van der Waals surface area contributed by atoms with Crippen molar-refractivity contribution in [2.75, 3.05) is 27.2 Å². The van der Waals surface area contributed by atoms with Gasteiger partial charge in [-0.1, -0.05) is 40.2 Å². The minimum Gasteiger partial charge on any atom is -0.461 e. The standard InChI is InChI=1S/C29H50N4O5/c1-18(2)24(17-21(7)27(35)33-16-12-14-23(33)29(37)38-20(5)6)32(9)28(36)25(19(3)4)30-26(34)22-13-10-11-15-31(22)8/h17-20,22-25H,10-16H2,1-9H3,(H,30,34)/b21-17+. The maximum atomic E-state index is 13.7. The van der Waals surface area contributed by atoms with Crippen LogP contribution in [0.4, 0.5) is 0 Å². The van der Waals surface area contributed by atoms with E-state index in [1.54, 1.807) is 37.6 Å². The Morgan fingerprint density at radius 1 is 0.921 bits per heavy atom. The van der Waals surface area contributed by atoms with Crippen LogP contribution in [-0.4, -0.2) is 95.8 Å². The van der Waals surface area contributed by atoms with Gasteiger partial charge in [0.05, 0.1) is 18.2 Å². The molecule has 0 aromatic carbocycles. The van der Waals surface area contributed by atoms with Crippen LogP contribution in [0.25, 0.3) is 0 Å². The quantitative estimate of drug-likeness (QED) is 0.342. The highest BCUT2D eigenvalue weighted by Gasteiger charge is 2.37. The van der Waals surface area contributed by atoms with Crippen molar-refractivity contribution in [3.8, 4) is 0 Å². The fourth-order valence-electron chi connectivity index (χ4n) is 5.41. The number of carbonyl (C=O) groups excluding carboxylic acids is 4. The summed E-state index contributed by atoms with van der Waals surface area (Å²) in [6.45, 7) is 14.6. The number of likely N-dealkylation sites (tertiary alicyclic amines) is 2. The van der Waals surface area contributed by atoms with Crippen molar-refractivity contribution >= 4 is 23.7 Å². The van der Waals surface area contributed by atoms with Gasteiger partial charge in [-0.3, -0.25) is 19.3 Å². The van der Waals surface area contributed by atoms with Gasteiger partial charge in [-0.15, -0.1) is 0 Å². The molecule has 2 aliphatic rings. The lowest BCUT2D eigenvalue weighted by atomic mass is 9.96. The van der Waals surface area contributed by atoms with E-state index in [2.05, 4.69) is 10.2 Å². The largest absolute Gasteiger partial charge is 0.461 e. The zero-order valence-corrected chi connectivity index (χ0v) is 25.0. The molecule has 0 radical (unpaired) electrons. The first-order valence-corrected chi connectivity index (χ1v) is 14.2. The van der Waals surface area contributed by atoms with Gasteiger partial charge in [-0.25, -0.2) is 4.79 Å². The van der Waals surface area contributed by atoms with Gasteiger partial charge in [0, 0.05) is 19.2 Å². The van der Waals surface area contributed by atoms with Crippen LogP contribution in [0.15, 0.2) is 11.6 Å². The predicted octanol–water partition coefficient (Wildman–Crippen LogP) is 2.98. The minimum atomic E-state index is -0.665. The maximum Gasteiger partial charge on any atom is 0.329 e. The Kier molecular flexibility index (Phi) is 11.8.